The predicted molar refractivity (Wildman–Crippen MR) is 86.0 cm³/mol. The summed E-state index contributed by atoms with van der Waals surface area (Å²) < 4.78 is 25.9. The number of carbonyl (C=O) groups is 1. The molecule has 9 heteroatoms. The van der Waals surface area contributed by atoms with Gasteiger partial charge in [0.15, 0.2) is 5.25 Å². The number of hydrogen-bond donors (Lipinski definition) is 2. The van der Waals surface area contributed by atoms with E-state index in [4.69, 9.17) is 0 Å². The first kappa shape index (κ1) is 16.4. The van der Waals surface area contributed by atoms with E-state index in [0.717, 1.165) is 19.3 Å². The molecule has 2 heterocycles. The highest BCUT2D eigenvalue weighted by molar-refractivity contribution is 7.92. The van der Waals surface area contributed by atoms with Gasteiger partial charge in [0.25, 0.3) is 0 Å². The zero-order valence-electron chi connectivity index (χ0n) is 12.9. The fraction of sp³-hybridized carbons (Fsp3) is 0.400. The van der Waals surface area contributed by atoms with Gasteiger partial charge in [0.05, 0.1) is 0 Å². The summed E-state index contributed by atoms with van der Waals surface area (Å²) in [4.78, 5) is 27.9. The predicted octanol–water partition coefficient (Wildman–Crippen LogP) is 0.625. The van der Waals surface area contributed by atoms with Crippen molar-refractivity contribution in [3.63, 3.8) is 0 Å². The van der Waals surface area contributed by atoms with Crippen molar-refractivity contribution in [3.8, 4) is 0 Å². The quantitative estimate of drug-likeness (QED) is 0.839. The first-order valence-corrected chi connectivity index (χ1v) is 9.27. The van der Waals surface area contributed by atoms with Gasteiger partial charge in [-0.05, 0) is 24.8 Å². The fourth-order valence-electron chi connectivity index (χ4n) is 2.86. The number of hydrogen-bond acceptors (Lipinski definition) is 5. The molecule has 24 heavy (non-hydrogen) atoms. The second-order valence-corrected chi connectivity index (χ2v) is 7.65. The molecule has 0 aliphatic carbocycles. The number of carbonyl (C=O) groups excluding carboxylic acids is 1. The number of H-pyrrole nitrogens is 2. The van der Waals surface area contributed by atoms with Gasteiger partial charge in [-0.1, -0.05) is 30.3 Å². The van der Waals surface area contributed by atoms with Gasteiger partial charge in [-0.15, -0.1) is 5.10 Å². The van der Waals surface area contributed by atoms with Crippen LogP contribution in [0.1, 0.15) is 30.1 Å². The van der Waals surface area contributed by atoms with E-state index in [1.54, 1.807) is 35.2 Å². The van der Waals surface area contributed by atoms with Crippen LogP contribution in [-0.2, 0) is 14.6 Å². The van der Waals surface area contributed by atoms with E-state index in [0.29, 0.717) is 18.7 Å². The van der Waals surface area contributed by atoms with Gasteiger partial charge in [-0.3, -0.25) is 9.78 Å². The maximum atomic E-state index is 12.9. The van der Waals surface area contributed by atoms with Crippen LogP contribution in [0.2, 0.25) is 0 Å². The summed E-state index contributed by atoms with van der Waals surface area (Å²) in [5.74, 6) is -0.482. The van der Waals surface area contributed by atoms with E-state index < -0.39 is 31.8 Å². The van der Waals surface area contributed by atoms with Crippen LogP contribution in [0, 0.1) is 0 Å². The molecule has 1 aromatic carbocycles. The van der Waals surface area contributed by atoms with Gasteiger partial charge in [-0.2, -0.15) is 0 Å². The molecule has 1 unspecified atom stereocenters. The molecule has 1 amide bonds. The Labute approximate surface area is 138 Å². The number of nitrogens with zero attached hydrogens (tertiary/aromatic N) is 2. The monoisotopic (exact) mass is 350 g/mol. The zero-order chi connectivity index (χ0) is 17.2. The highest BCUT2D eigenvalue weighted by Gasteiger charge is 2.40. The number of amides is 1. The normalized spacial score (nSPS) is 16.8. The summed E-state index contributed by atoms with van der Waals surface area (Å²) in [6, 6.07) is 8.28. The lowest BCUT2D eigenvalue weighted by atomic mass is 10.1. The smallest absolute Gasteiger partial charge is 0.341 e. The number of piperidine rings is 1. The van der Waals surface area contributed by atoms with Gasteiger partial charge in [0.2, 0.25) is 20.9 Å². The molecule has 128 valence electrons. The molecule has 1 saturated heterocycles. The summed E-state index contributed by atoms with van der Waals surface area (Å²) in [6.07, 6.45) is 2.73. The third-order valence-corrected chi connectivity index (χ3v) is 5.88. The van der Waals surface area contributed by atoms with Crippen LogP contribution >= 0.6 is 0 Å². The minimum Gasteiger partial charge on any atom is -0.341 e. The van der Waals surface area contributed by atoms with E-state index in [2.05, 4.69) is 10.1 Å². The molecule has 1 fully saturated rings. The van der Waals surface area contributed by atoms with Crippen LogP contribution in [0.4, 0.5) is 0 Å². The summed E-state index contributed by atoms with van der Waals surface area (Å²) in [5, 5.41) is 3.60. The molecule has 8 nitrogen and oxygen atoms in total. The van der Waals surface area contributed by atoms with Crippen molar-refractivity contribution in [2.24, 2.45) is 0 Å². The molecule has 1 atom stereocenters. The number of likely N-dealkylation sites (tertiary alicyclic amines) is 1. The van der Waals surface area contributed by atoms with E-state index >= 15 is 0 Å². The van der Waals surface area contributed by atoms with Crippen molar-refractivity contribution in [3.05, 3.63) is 46.4 Å². The van der Waals surface area contributed by atoms with Crippen LogP contribution in [0.25, 0.3) is 0 Å². The maximum absolute atomic E-state index is 12.9. The van der Waals surface area contributed by atoms with E-state index in [-0.39, 0.29) is 0 Å². The van der Waals surface area contributed by atoms with Crippen LogP contribution in [0.3, 0.4) is 0 Å². The lowest BCUT2D eigenvalue weighted by molar-refractivity contribution is -0.131. The molecule has 0 bridgehead atoms. The summed E-state index contributed by atoms with van der Waals surface area (Å²) in [6.45, 7) is 1.07. The molecule has 3 rings (SSSR count). The van der Waals surface area contributed by atoms with E-state index in [9.17, 15) is 18.0 Å². The Morgan fingerprint density at radius 1 is 1.12 bits per heavy atom. The van der Waals surface area contributed by atoms with Crippen LogP contribution in [0.5, 0.6) is 0 Å². The number of nitrogens with one attached hydrogen (secondary N) is 2. The Morgan fingerprint density at radius 2 is 1.79 bits per heavy atom. The summed E-state index contributed by atoms with van der Waals surface area (Å²) in [5.41, 5.74) is -0.372. The van der Waals surface area contributed by atoms with Crippen molar-refractivity contribution in [2.45, 2.75) is 29.7 Å². The fourth-order valence-corrected chi connectivity index (χ4v) is 4.42. The van der Waals surface area contributed by atoms with E-state index in [1.807, 2.05) is 5.10 Å². The van der Waals surface area contributed by atoms with Gasteiger partial charge >= 0.3 is 5.69 Å². The minimum absolute atomic E-state index is 0.358. The first-order valence-electron chi connectivity index (χ1n) is 7.72. The lowest BCUT2D eigenvalue weighted by Gasteiger charge is -2.30. The Morgan fingerprint density at radius 3 is 2.38 bits per heavy atom. The van der Waals surface area contributed by atoms with Gasteiger partial charge in [0.1, 0.15) is 0 Å². The number of aromatic amines is 2. The molecule has 2 N–H and O–H groups in total. The molecule has 1 aliphatic rings. The Balaban J connectivity index is 2.05. The third kappa shape index (κ3) is 3.12. The summed E-state index contributed by atoms with van der Waals surface area (Å²) >= 11 is 0. The van der Waals surface area contributed by atoms with E-state index in [1.165, 1.54) is 0 Å². The standard InChI is InChI=1S/C15H18N4O4S/c20-13(19-9-5-2-6-10-19)12(11-7-3-1-4-8-11)24(22,23)15-16-14(21)17-18-15/h1,3-4,7-8,12H,2,5-6,9-10H2,(H2,16,17,18,21). The van der Waals surface area contributed by atoms with Crippen LogP contribution < -0.4 is 5.69 Å². The minimum atomic E-state index is -4.17. The van der Waals surface area contributed by atoms with Gasteiger partial charge in [-0.25, -0.2) is 18.3 Å². The Kier molecular flexibility index (Phi) is 4.52. The molecular formula is C15H18N4O4S. The average Bonchev–Trinajstić information content (AvgIpc) is 3.04. The molecular weight excluding hydrogens is 332 g/mol. The maximum Gasteiger partial charge on any atom is 0.341 e. The molecule has 0 radical (unpaired) electrons. The lowest BCUT2D eigenvalue weighted by Crippen LogP contribution is -2.41. The molecule has 2 aromatic rings. The Hall–Kier alpha value is -2.42. The van der Waals surface area contributed by atoms with Crippen molar-refractivity contribution in [2.75, 3.05) is 13.1 Å². The van der Waals surface area contributed by atoms with Gasteiger partial charge in [0, 0.05) is 13.1 Å². The summed E-state index contributed by atoms with van der Waals surface area (Å²) in [7, 11) is -4.17. The van der Waals surface area contributed by atoms with Crippen molar-refractivity contribution in [1.29, 1.82) is 0 Å². The number of sulfone groups is 1. The zero-order valence-corrected chi connectivity index (χ0v) is 13.8. The van der Waals surface area contributed by atoms with Crippen molar-refractivity contribution in [1.82, 2.24) is 20.1 Å². The van der Waals surface area contributed by atoms with Crippen LogP contribution in [-0.4, -0.2) is 47.5 Å². The highest BCUT2D eigenvalue weighted by atomic mass is 32.2. The average molecular weight is 350 g/mol. The van der Waals surface area contributed by atoms with Crippen molar-refractivity contribution < 1.29 is 13.2 Å². The molecule has 0 spiro atoms. The van der Waals surface area contributed by atoms with Crippen molar-refractivity contribution >= 4 is 15.7 Å². The number of rotatable bonds is 4. The first-order chi connectivity index (χ1) is 11.5. The number of aromatic nitrogens is 3. The highest BCUT2D eigenvalue weighted by Crippen LogP contribution is 2.29. The topological polar surface area (TPSA) is 116 Å². The molecule has 1 aliphatic heterocycles. The third-order valence-electron chi connectivity index (χ3n) is 4.05. The molecule has 0 saturated carbocycles. The second-order valence-electron chi connectivity index (χ2n) is 5.70. The Bertz CT molecular complexity index is 866. The van der Waals surface area contributed by atoms with Crippen LogP contribution in [0.15, 0.2) is 40.3 Å². The SMILES string of the molecule is O=C(C(c1ccccc1)S(=O)(=O)c1n[nH]c(=O)[nH]1)N1CCCCC1. The molecule has 1 aromatic heterocycles. The van der Waals surface area contributed by atoms with Gasteiger partial charge < -0.3 is 4.90 Å². The second kappa shape index (κ2) is 6.60. The number of benzene rings is 1. The largest absolute Gasteiger partial charge is 0.341 e.